The monoisotopic (exact) mass is 418 g/mol. The molecule has 0 atom stereocenters. The Kier molecular flexibility index (Phi) is 5.81. The summed E-state index contributed by atoms with van der Waals surface area (Å²) >= 11 is 1.58. The van der Waals surface area contributed by atoms with E-state index in [0.29, 0.717) is 6.54 Å². The van der Waals surface area contributed by atoms with Crippen molar-refractivity contribution in [1.82, 2.24) is 4.57 Å². The van der Waals surface area contributed by atoms with Crippen molar-refractivity contribution in [2.45, 2.75) is 20.4 Å². The van der Waals surface area contributed by atoms with Gasteiger partial charge in [0.1, 0.15) is 11.6 Å². The smallest absolute Gasteiger partial charge is 0.190 e. The second-order valence-corrected chi connectivity index (χ2v) is 7.98. The number of benzene rings is 3. The first-order valence-electron chi connectivity index (χ1n) is 9.74. The summed E-state index contributed by atoms with van der Waals surface area (Å²) in [6.45, 7) is 4.78. The molecule has 0 spiro atoms. The lowest BCUT2D eigenvalue weighted by molar-refractivity contribution is 0.408. The SMILES string of the molecule is COc1ccccc1Cn1c(-c2ccc(F)cc2)csc1=Nc1cccc(C)c1C. The van der Waals surface area contributed by atoms with Crippen molar-refractivity contribution in [2.24, 2.45) is 4.99 Å². The minimum absolute atomic E-state index is 0.245. The van der Waals surface area contributed by atoms with Crippen LogP contribution in [-0.4, -0.2) is 11.7 Å². The van der Waals surface area contributed by atoms with E-state index in [1.54, 1.807) is 30.6 Å². The van der Waals surface area contributed by atoms with Crippen LogP contribution in [0.1, 0.15) is 16.7 Å². The summed E-state index contributed by atoms with van der Waals surface area (Å²) in [5.41, 5.74) is 6.33. The molecular weight excluding hydrogens is 395 g/mol. The molecule has 0 aliphatic rings. The molecule has 0 bridgehead atoms. The Morgan fingerprint density at radius 3 is 2.50 bits per heavy atom. The molecular formula is C25H23FN2OS. The number of aromatic nitrogens is 1. The van der Waals surface area contributed by atoms with Gasteiger partial charge in [-0.3, -0.25) is 0 Å². The molecule has 0 saturated heterocycles. The van der Waals surface area contributed by atoms with Gasteiger partial charge in [-0.1, -0.05) is 30.3 Å². The molecule has 0 saturated carbocycles. The van der Waals surface area contributed by atoms with Crippen LogP contribution in [0.15, 0.2) is 77.1 Å². The normalized spacial score (nSPS) is 11.7. The lowest BCUT2D eigenvalue weighted by atomic mass is 10.1. The highest BCUT2D eigenvalue weighted by Gasteiger charge is 2.12. The van der Waals surface area contributed by atoms with Gasteiger partial charge in [0.15, 0.2) is 4.80 Å². The highest BCUT2D eigenvalue weighted by molar-refractivity contribution is 7.07. The molecule has 0 amide bonds. The summed E-state index contributed by atoms with van der Waals surface area (Å²) in [6.07, 6.45) is 0. The first-order chi connectivity index (χ1) is 14.6. The number of methoxy groups -OCH3 is 1. The van der Waals surface area contributed by atoms with E-state index >= 15 is 0 Å². The summed E-state index contributed by atoms with van der Waals surface area (Å²) in [5, 5.41) is 2.08. The minimum atomic E-state index is -0.245. The molecule has 0 radical (unpaired) electrons. The molecule has 5 heteroatoms. The zero-order valence-electron chi connectivity index (χ0n) is 17.2. The molecule has 152 valence electrons. The fourth-order valence-corrected chi connectivity index (χ4v) is 4.31. The summed E-state index contributed by atoms with van der Waals surface area (Å²) in [5.74, 6) is 0.587. The largest absolute Gasteiger partial charge is 0.496 e. The molecule has 1 heterocycles. The van der Waals surface area contributed by atoms with Crippen LogP contribution in [0.3, 0.4) is 0 Å². The Hall–Kier alpha value is -3.18. The topological polar surface area (TPSA) is 26.5 Å². The van der Waals surface area contributed by atoms with Gasteiger partial charge in [-0.2, -0.15) is 0 Å². The highest BCUT2D eigenvalue weighted by Crippen LogP contribution is 2.26. The Bertz CT molecular complexity index is 1240. The number of rotatable bonds is 5. The van der Waals surface area contributed by atoms with Crippen LogP contribution in [0.5, 0.6) is 5.75 Å². The first-order valence-corrected chi connectivity index (χ1v) is 10.6. The number of ether oxygens (including phenoxy) is 1. The maximum absolute atomic E-state index is 13.5. The quantitative estimate of drug-likeness (QED) is 0.376. The standard InChI is InChI=1S/C25H23FN2OS/c1-17-7-6-9-22(18(17)2)27-25-28(15-20-8-4-5-10-24(20)29-3)23(16-30-25)19-11-13-21(26)14-12-19/h4-14,16H,15H2,1-3H3. The van der Waals surface area contributed by atoms with E-state index in [1.165, 1.54) is 17.7 Å². The van der Waals surface area contributed by atoms with Crippen molar-refractivity contribution in [1.29, 1.82) is 0 Å². The van der Waals surface area contributed by atoms with E-state index in [9.17, 15) is 4.39 Å². The Morgan fingerprint density at radius 2 is 1.73 bits per heavy atom. The third-order valence-corrected chi connectivity index (χ3v) is 6.11. The van der Waals surface area contributed by atoms with E-state index in [1.807, 2.05) is 30.3 Å². The zero-order chi connectivity index (χ0) is 21.1. The van der Waals surface area contributed by atoms with E-state index in [0.717, 1.165) is 38.6 Å². The Labute approximate surface area is 179 Å². The molecule has 0 aliphatic heterocycles. The van der Waals surface area contributed by atoms with Crippen molar-refractivity contribution in [3.63, 3.8) is 0 Å². The van der Waals surface area contributed by atoms with Gasteiger partial charge in [0.2, 0.25) is 0 Å². The van der Waals surface area contributed by atoms with E-state index < -0.39 is 0 Å². The van der Waals surface area contributed by atoms with Gasteiger partial charge in [0, 0.05) is 10.9 Å². The van der Waals surface area contributed by atoms with E-state index in [2.05, 4.69) is 35.9 Å². The van der Waals surface area contributed by atoms with Crippen molar-refractivity contribution in [2.75, 3.05) is 7.11 Å². The molecule has 0 N–H and O–H groups in total. The predicted molar refractivity (Wildman–Crippen MR) is 121 cm³/mol. The molecule has 3 nitrogen and oxygen atoms in total. The van der Waals surface area contributed by atoms with Gasteiger partial charge in [0.05, 0.1) is 25.0 Å². The molecule has 0 unspecified atom stereocenters. The van der Waals surface area contributed by atoms with Gasteiger partial charge in [0.25, 0.3) is 0 Å². The molecule has 1 aromatic heterocycles. The number of para-hydroxylation sites is 1. The summed E-state index contributed by atoms with van der Waals surface area (Å²) in [7, 11) is 1.68. The lowest BCUT2D eigenvalue weighted by Gasteiger charge is -2.13. The fourth-order valence-electron chi connectivity index (χ4n) is 3.39. The van der Waals surface area contributed by atoms with Gasteiger partial charge in [-0.15, -0.1) is 11.3 Å². The van der Waals surface area contributed by atoms with Crippen molar-refractivity contribution in [3.8, 4) is 17.0 Å². The van der Waals surface area contributed by atoms with Crippen LogP contribution in [0.4, 0.5) is 10.1 Å². The maximum Gasteiger partial charge on any atom is 0.190 e. The van der Waals surface area contributed by atoms with Crippen LogP contribution in [0.25, 0.3) is 11.3 Å². The number of halogens is 1. The predicted octanol–water partition coefficient (Wildman–Crippen LogP) is 6.26. The van der Waals surface area contributed by atoms with Crippen molar-refractivity contribution >= 4 is 17.0 Å². The lowest BCUT2D eigenvalue weighted by Crippen LogP contribution is -2.17. The molecule has 0 fully saturated rings. The number of aryl methyl sites for hydroxylation is 1. The van der Waals surface area contributed by atoms with Crippen LogP contribution < -0.4 is 9.54 Å². The average molecular weight is 419 g/mol. The van der Waals surface area contributed by atoms with Gasteiger partial charge >= 0.3 is 0 Å². The first kappa shape index (κ1) is 20.1. The molecule has 30 heavy (non-hydrogen) atoms. The number of hydrogen-bond acceptors (Lipinski definition) is 3. The molecule has 3 aromatic carbocycles. The molecule has 0 aliphatic carbocycles. The fraction of sp³-hybridized carbons (Fsp3) is 0.160. The second kappa shape index (κ2) is 8.67. The van der Waals surface area contributed by atoms with E-state index in [-0.39, 0.29) is 5.82 Å². The summed E-state index contributed by atoms with van der Waals surface area (Å²) in [4.78, 5) is 5.87. The number of thiazole rings is 1. The summed E-state index contributed by atoms with van der Waals surface area (Å²) < 4.78 is 21.2. The minimum Gasteiger partial charge on any atom is -0.496 e. The van der Waals surface area contributed by atoms with Crippen LogP contribution in [-0.2, 0) is 6.54 Å². The molecule has 4 rings (SSSR count). The second-order valence-electron chi connectivity index (χ2n) is 7.14. The van der Waals surface area contributed by atoms with Gasteiger partial charge in [-0.25, -0.2) is 9.38 Å². The number of nitrogens with zero attached hydrogens (tertiary/aromatic N) is 2. The van der Waals surface area contributed by atoms with Crippen LogP contribution in [0.2, 0.25) is 0 Å². The van der Waals surface area contributed by atoms with E-state index in [4.69, 9.17) is 9.73 Å². The van der Waals surface area contributed by atoms with Gasteiger partial charge < -0.3 is 9.30 Å². The molecule has 4 aromatic rings. The van der Waals surface area contributed by atoms with Crippen LogP contribution >= 0.6 is 11.3 Å². The average Bonchev–Trinajstić information content (AvgIpc) is 3.14. The van der Waals surface area contributed by atoms with Crippen LogP contribution in [0, 0.1) is 19.7 Å². The Morgan fingerprint density at radius 1 is 0.967 bits per heavy atom. The summed E-state index contributed by atoms with van der Waals surface area (Å²) in [6, 6.07) is 20.7. The number of hydrogen-bond donors (Lipinski definition) is 0. The third kappa shape index (κ3) is 4.07. The zero-order valence-corrected chi connectivity index (χ0v) is 18.0. The Balaban J connectivity index is 1.89. The highest BCUT2D eigenvalue weighted by atomic mass is 32.1. The van der Waals surface area contributed by atoms with Crippen molar-refractivity contribution < 1.29 is 9.13 Å². The maximum atomic E-state index is 13.5. The van der Waals surface area contributed by atoms with Gasteiger partial charge in [-0.05, 0) is 66.9 Å². The third-order valence-electron chi connectivity index (χ3n) is 5.25. The van der Waals surface area contributed by atoms with Crippen molar-refractivity contribution in [3.05, 3.63) is 99.4 Å².